The summed E-state index contributed by atoms with van der Waals surface area (Å²) in [6.45, 7) is 0.961. The second-order valence-corrected chi connectivity index (χ2v) is 6.88. The predicted molar refractivity (Wildman–Crippen MR) is 59.2 cm³/mol. The second kappa shape index (κ2) is 4.62. The molecule has 1 aliphatic rings. The Hall–Kier alpha value is -0.0900. The van der Waals surface area contributed by atoms with E-state index in [9.17, 15) is 8.42 Å². The molecule has 1 N–H and O–H groups in total. The maximum Gasteiger partial charge on any atom is 0.147 e. The smallest absolute Gasteiger partial charge is 0.147 e. The molecule has 0 amide bonds. The first kappa shape index (κ1) is 12.0. The molecule has 0 radical (unpaired) electrons. The third kappa shape index (κ3) is 3.58. The van der Waals surface area contributed by atoms with Crippen molar-refractivity contribution in [3.8, 4) is 0 Å². The van der Waals surface area contributed by atoms with Gasteiger partial charge in [0.15, 0.2) is 0 Å². The molecule has 0 aliphatic heterocycles. The molecule has 0 spiro atoms. The van der Waals surface area contributed by atoms with E-state index in [0.717, 1.165) is 13.0 Å². The molecule has 0 heterocycles. The fourth-order valence-electron chi connectivity index (χ4n) is 2.42. The van der Waals surface area contributed by atoms with Crippen molar-refractivity contribution >= 4 is 9.84 Å². The molecule has 0 aromatic carbocycles. The molecule has 1 aliphatic carbocycles. The average Bonchev–Trinajstić information content (AvgIpc) is 2.50. The van der Waals surface area contributed by atoms with Gasteiger partial charge in [0.05, 0.1) is 5.75 Å². The van der Waals surface area contributed by atoms with Gasteiger partial charge in [0, 0.05) is 12.8 Å². The summed E-state index contributed by atoms with van der Waals surface area (Å²) in [6, 6.07) is 0. The van der Waals surface area contributed by atoms with Crippen molar-refractivity contribution in [3.05, 3.63) is 0 Å². The summed E-state index contributed by atoms with van der Waals surface area (Å²) < 4.78 is 22.2. The van der Waals surface area contributed by atoms with E-state index in [-0.39, 0.29) is 5.41 Å². The van der Waals surface area contributed by atoms with Crippen molar-refractivity contribution in [2.75, 3.05) is 25.6 Å². The maximum absolute atomic E-state index is 11.1. The lowest BCUT2D eigenvalue weighted by molar-refractivity contribution is 0.277. The summed E-state index contributed by atoms with van der Waals surface area (Å²) in [5.41, 5.74) is 0.262. The first-order chi connectivity index (χ1) is 6.47. The highest BCUT2D eigenvalue weighted by Gasteiger charge is 2.33. The quantitative estimate of drug-likeness (QED) is 0.756. The van der Waals surface area contributed by atoms with Crippen molar-refractivity contribution in [2.24, 2.45) is 5.41 Å². The number of nitrogens with one attached hydrogen (secondary N) is 1. The Labute approximate surface area is 87.2 Å². The molecule has 0 atom stereocenters. The van der Waals surface area contributed by atoms with Crippen LogP contribution < -0.4 is 5.32 Å². The van der Waals surface area contributed by atoms with E-state index in [2.05, 4.69) is 5.32 Å². The lowest BCUT2D eigenvalue weighted by Crippen LogP contribution is -2.31. The molecular weight excluding hydrogens is 198 g/mol. The first-order valence-electron chi connectivity index (χ1n) is 5.30. The minimum absolute atomic E-state index is 0.262. The van der Waals surface area contributed by atoms with Gasteiger partial charge in [0.25, 0.3) is 0 Å². The molecule has 1 rings (SSSR count). The van der Waals surface area contributed by atoms with Crippen molar-refractivity contribution in [2.45, 2.75) is 32.1 Å². The molecule has 84 valence electrons. The summed E-state index contributed by atoms with van der Waals surface area (Å²) in [5, 5.41) is 3.19. The van der Waals surface area contributed by atoms with Gasteiger partial charge in [-0.1, -0.05) is 12.8 Å². The summed E-state index contributed by atoms with van der Waals surface area (Å²) in [7, 11) is -0.851. The maximum atomic E-state index is 11.1. The number of sulfone groups is 1. The molecule has 0 aromatic rings. The van der Waals surface area contributed by atoms with Crippen molar-refractivity contribution in [3.63, 3.8) is 0 Å². The zero-order chi connectivity index (χ0) is 10.7. The van der Waals surface area contributed by atoms with Crippen LogP contribution in [0.1, 0.15) is 32.1 Å². The Kier molecular flexibility index (Phi) is 3.95. The predicted octanol–water partition coefficient (Wildman–Crippen LogP) is 1.20. The summed E-state index contributed by atoms with van der Waals surface area (Å²) in [6.07, 6.45) is 7.03. The fraction of sp³-hybridized carbons (Fsp3) is 1.00. The van der Waals surface area contributed by atoms with Crippen LogP contribution in [0.4, 0.5) is 0 Å². The third-order valence-corrected chi connectivity index (χ3v) is 4.16. The van der Waals surface area contributed by atoms with Crippen molar-refractivity contribution < 1.29 is 8.42 Å². The zero-order valence-corrected chi connectivity index (χ0v) is 9.99. The normalized spacial score (nSPS) is 21.3. The van der Waals surface area contributed by atoms with Gasteiger partial charge in [0.2, 0.25) is 0 Å². The van der Waals surface area contributed by atoms with Gasteiger partial charge in [-0.3, -0.25) is 0 Å². The molecular formula is C10H21NO2S. The van der Waals surface area contributed by atoms with E-state index in [1.54, 1.807) is 0 Å². The topological polar surface area (TPSA) is 46.2 Å². The molecule has 14 heavy (non-hydrogen) atoms. The van der Waals surface area contributed by atoms with Crippen molar-refractivity contribution in [1.29, 1.82) is 0 Å². The van der Waals surface area contributed by atoms with Crippen LogP contribution in [0.2, 0.25) is 0 Å². The van der Waals surface area contributed by atoms with Gasteiger partial charge in [0.1, 0.15) is 9.84 Å². The highest BCUT2D eigenvalue weighted by molar-refractivity contribution is 7.90. The van der Waals surface area contributed by atoms with E-state index in [4.69, 9.17) is 0 Å². The standard InChI is InChI=1S/C10H21NO2S/c1-11-9-10(5-3-4-6-10)7-8-14(2,12)13/h11H,3-9H2,1-2H3. The monoisotopic (exact) mass is 219 g/mol. The molecule has 1 saturated carbocycles. The van der Waals surface area contributed by atoms with Crippen LogP contribution in [0.15, 0.2) is 0 Å². The number of hydrogen-bond acceptors (Lipinski definition) is 3. The Bertz CT molecular complexity index is 266. The van der Waals surface area contributed by atoms with E-state index in [1.165, 1.54) is 31.9 Å². The highest BCUT2D eigenvalue weighted by Crippen LogP contribution is 2.40. The van der Waals surface area contributed by atoms with Gasteiger partial charge < -0.3 is 5.32 Å². The van der Waals surface area contributed by atoms with Crippen LogP contribution in [0.5, 0.6) is 0 Å². The lowest BCUT2D eigenvalue weighted by Gasteiger charge is -2.28. The van der Waals surface area contributed by atoms with Gasteiger partial charge in [-0.25, -0.2) is 8.42 Å². The second-order valence-electron chi connectivity index (χ2n) is 4.62. The molecule has 1 fully saturated rings. The average molecular weight is 219 g/mol. The third-order valence-electron chi connectivity index (χ3n) is 3.22. The fourth-order valence-corrected chi connectivity index (χ4v) is 3.22. The lowest BCUT2D eigenvalue weighted by atomic mass is 9.83. The van der Waals surface area contributed by atoms with Crippen molar-refractivity contribution in [1.82, 2.24) is 5.32 Å². The van der Waals surface area contributed by atoms with Crippen LogP contribution in [0.3, 0.4) is 0 Å². The summed E-state index contributed by atoms with van der Waals surface area (Å²) in [5.74, 6) is 0.342. The van der Waals surface area contributed by atoms with Crippen LogP contribution in [-0.4, -0.2) is 34.0 Å². The molecule has 0 bridgehead atoms. The van der Waals surface area contributed by atoms with E-state index < -0.39 is 9.84 Å². The number of hydrogen-bond donors (Lipinski definition) is 1. The van der Waals surface area contributed by atoms with E-state index in [1.807, 2.05) is 7.05 Å². The zero-order valence-electron chi connectivity index (χ0n) is 9.17. The van der Waals surface area contributed by atoms with Gasteiger partial charge in [-0.2, -0.15) is 0 Å². The minimum Gasteiger partial charge on any atom is -0.319 e. The van der Waals surface area contributed by atoms with Gasteiger partial charge in [-0.15, -0.1) is 0 Å². The molecule has 0 aromatic heterocycles. The van der Waals surface area contributed by atoms with Crippen LogP contribution in [-0.2, 0) is 9.84 Å². The molecule has 4 heteroatoms. The highest BCUT2D eigenvalue weighted by atomic mass is 32.2. The number of rotatable bonds is 5. The van der Waals surface area contributed by atoms with Crippen LogP contribution in [0.25, 0.3) is 0 Å². The van der Waals surface area contributed by atoms with Crippen LogP contribution in [0, 0.1) is 5.41 Å². The summed E-state index contributed by atoms with van der Waals surface area (Å²) in [4.78, 5) is 0. The molecule has 0 saturated heterocycles. The Morgan fingerprint density at radius 3 is 2.29 bits per heavy atom. The molecule has 3 nitrogen and oxygen atoms in total. The van der Waals surface area contributed by atoms with E-state index in [0.29, 0.717) is 5.75 Å². The van der Waals surface area contributed by atoms with Gasteiger partial charge in [-0.05, 0) is 31.7 Å². The largest absolute Gasteiger partial charge is 0.319 e. The van der Waals surface area contributed by atoms with E-state index >= 15 is 0 Å². The molecule has 0 unspecified atom stereocenters. The SMILES string of the molecule is CNCC1(CCS(C)(=O)=O)CCCC1. The summed E-state index contributed by atoms with van der Waals surface area (Å²) >= 11 is 0. The van der Waals surface area contributed by atoms with Crippen LogP contribution >= 0.6 is 0 Å². The minimum atomic E-state index is -2.80. The van der Waals surface area contributed by atoms with Gasteiger partial charge >= 0.3 is 0 Å². The Morgan fingerprint density at radius 1 is 1.29 bits per heavy atom. The Balaban J connectivity index is 2.52. The first-order valence-corrected chi connectivity index (χ1v) is 7.36. The Morgan fingerprint density at radius 2 is 1.86 bits per heavy atom.